The first kappa shape index (κ1) is 18.4. The number of hydrogen-bond donors (Lipinski definition) is 2. The van der Waals surface area contributed by atoms with Gasteiger partial charge in [-0.3, -0.25) is 14.6 Å². The van der Waals surface area contributed by atoms with Gasteiger partial charge in [-0.1, -0.05) is 6.92 Å². The molecular formula is C19H25FN4O2. The van der Waals surface area contributed by atoms with Crippen LogP contribution in [0.25, 0.3) is 0 Å². The molecule has 2 aliphatic rings. The highest BCUT2D eigenvalue weighted by Crippen LogP contribution is 2.32. The van der Waals surface area contributed by atoms with Gasteiger partial charge in [-0.2, -0.15) is 5.10 Å². The summed E-state index contributed by atoms with van der Waals surface area (Å²) in [6, 6.07) is 4.84. The second-order valence-corrected chi connectivity index (χ2v) is 7.69. The van der Waals surface area contributed by atoms with Gasteiger partial charge in [0, 0.05) is 12.0 Å². The molecule has 1 saturated carbocycles. The molecule has 1 aliphatic carbocycles. The Hall–Kier alpha value is -2.44. The fourth-order valence-electron chi connectivity index (χ4n) is 3.57. The number of rotatable bonds is 4. The number of benzene rings is 1. The third-order valence-corrected chi connectivity index (χ3v) is 5.39. The highest BCUT2D eigenvalue weighted by molar-refractivity contribution is 6.40. The monoisotopic (exact) mass is 360 g/mol. The van der Waals surface area contributed by atoms with Crippen LogP contribution in [0.5, 0.6) is 0 Å². The van der Waals surface area contributed by atoms with Gasteiger partial charge in [0.25, 0.3) is 5.91 Å². The van der Waals surface area contributed by atoms with Crippen molar-refractivity contribution in [1.82, 2.24) is 5.32 Å². The third kappa shape index (κ3) is 3.86. The molecular weight excluding hydrogens is 335 g/mol. The molecule has 0 aromatic heterocycles. The molecule has 1 aliphatic heterocycles. The molecule has 3 rings (SSSR count). The van der Waals surface area contributed by atoms with Crippen LogP contribution in [-0.4, -0.2) is 29.1 Å². The van der Waals surface area contributed by atoms with E-state index in [0.29, 0.717) is 11.6 Å². The molecule has 3 N–H and O–H groups in total. The third-order valence-electron chi connectivity index (χ3n) is 5.39. The van der Waals surface area contributed by atoms with Crippen LogP contribution in [0.1, 0.15) is 46.0 Å². The molecule has 0 saturated heterocycles. The van der Waals surface area contributed by atoms with Crippen molar-refractivity contribution in [1.29, 1.82) is 0 Å². The maximum absolute atomic E-state index is 13.2. The molecule has 1 unspecified atom stereocenters. The van der Waals surface area contributed by atoms with E-state index >= 15 is 0 Å². The number of halogens is 1. The summed E-state index contributed by atoms with van der Waals surface area (Å²) in [4.78, 5) is 24.5. The Kier molecular flexibility index (Phi) is 4.98. The van der Waals surface area contributed by atoms with Gasteiger partial charge in [-0.05, 0) is 62.8 Å². The Balaban J connectivity index is 1.76. The van der Waals surface area contributed by atoms with Crippen molar-refractivity contribution in [3.63, 3.8) is 0 Å². The van der Waals surface area contributed by atoms with Crippen LogP contribution in [0.15, 0.2) is 29.4 Å². The van der Waals surface area contributed by atoms with Gasteiger partial charge in [-0.15, -0.1) is 0 Å². The predicted octanol–water partition coefficient (Wildman–Crippen LogP) is 2.33. The van der Waals surface area contributed by atoms with Crippen LogP contribution >= 0.6 is 0 Å². The second kappa shape index (κ2) is 7.05. The van der Waals surface area contributed by atoms with Gasteiger partial charge < -0.3 is 11.1 Å². The highest BCUT2D eigenvalue weighted by Gasteiger charge is 2.38. The summed E-state index contributed by atoms with van der Waals surface area (Å²) < 4.78 is 13.2. The number of anilines is 1. The summed E-state index contributed by atoms with van der Waals surface area (Å²) in [6.07, 6.45) is 4.15. The second-order valence-electron chi connectivity index (χ2n) is 7.69. The van der Waals surface area contributed by atoms with Crippen molar-refractivity contribution >= 4 is 23.2 Å². The summed E-state index contributed by atoms with van der Waals surface area (Å²) in [6.45, 7) is 4.27. The van der Waals surface area contributed by atoms with Crippen molar-refractivity contribution in [3.05, 3.63) is 30.1 Å². The number of carbonyl (C=O) groups excluding carboxylic acids is 2. The van der Waals surface area contributed by atoms with E-state index in [2.05, 4.69) is 24.3 Å². The molecule has 1 atom stereocenters. The van der Waals surface area contributed by atoms with E-state index in [9.17, 15) is 14.0 Å². The maximum Gasteiger partial charge on any atom is 0.268 e. The van der Waals surface area contributed by atoms with Gasteiger partial charge in [0.1, 0.15) is 17.6 Å². The zero-order chi connectivity index (χ0) is 18.9. The number of hydrogen-bond acceptors (Lipinski definition) is 4. The smallest absolute Gasteiger partial charge is 0.268 e. The number of nitrogens with two attached hydrogens (primary N) is 1. The number of amides is 2. The lowest BCUT2D eigenvalue weighted by molar-refractivity contribution is -0.119. The van der Waals surface area contributed by atoms with E-state index < -0.39 is 11.9 Å². The summed E-state index contributed by atoms with van der Waals surface area (Å²) >= 11 is 0. The summed E-state index contributed by atoms with van der Waals surface area (Å²) in [5, 5.41) is 8.81. The van der Waals surface area contributed by atoms with Crippen LogP contribution in [0.3, 0.4) is 0 Å². The van der Waals surface area contributed by atoms with Crippen LogP contribution in [0.2, 0.25) is 0 Å². The number of nitrogens with one attached hydrogen (secondary N) is 1. The molecule has 1 fully saturated rings. The average Bonchev–Trinajstić information content (AvgIpc) is 3.04. The van der Waals surface area contributed by atoms with E-state index in [4.69, 9.17) is 5.73 Å². The molecule has 140 valence electrons. The maximum atomic E-state index is 13.2. The first-order valence-electron chi connectivity index (χ1n) is 9.01. The Bertz CT molecular complexity index is 724. The normalized spacial score (nSPS) is 28.6. The Labute approximate surface area is 152 Å². The van der Waals surface area contributed by atoms with Crippen LogP contribution in [0, 0.1) is 11.7 Å². The SMILES string of the molecule is CC1CCC(C)(NC(=O)C2=NN(c3ccc(F)cc3)C(C(N)=O)C2)CC1. The lowest BCUT2D eigenvalue weighted by atomic mass is 9.78. The fourth-order valence-corrected chi connectivity index (χ4v) is 3.57. The highest BCUT2D eigenvalue weighted by atomic mass is 19.1. The van der Waals surface area contributed by atoms with Crippen molar-refractivity contribution < 1.29 is 14.0 Å². The van der Waals surface area contributed by atoms with Crippen LogP contribution < -0.4 is 16.1 Å². The minimum atomic E-state index is -0.750. The van der Waals surface area contributed by atoms with Crippen molar-refractivity contribution in [3.8, 4) is 0 Å². The number of hydrazone groups is 1. The van der Waals surface area contributed by atoms with Crippen molar-refractivity contribution in [2.45, 2.75) is 57.5 Å². The molecule has 1 aromatic carbocycles. The molecule has 0 radical (unpaired) electrons. The van der Waals surface area contributed by atoms with Gasteiger partial charge in [0.2, 0.25) is 5.91 Å². The molecule has 26 heavy (non-hydrogen) atoms. The summed E-state index contributed by atoms with van der Waals surface area (Å²) in [5.74, 6) is -0.543. The molecule has 7 heteroatoms. The van der Waals surface area contributed by atoms with Crippen LogP contribution in [0.4, 0.5) is 10.1 Å². The lowest BCUT2D eigenvalue weighted by Crippen LogP contribution is -2.50. The molecule has 1 aromatic rings. The van der Waals surface area contributed by atoms with E-state index in [1.165, 1.54) is 29.3 Å². The lowest BCUT2D eigenvalue weighted by Gasteiger charge is -2.37. The number of nitrogens with zero attached hydrogens (tertiary/aromatic N) is 2. The topological polar surface area (TPSA) is 87.8 Å². The molecule has 1 heterocycles. The van der Waals surface area contributed by atoms with Gasteiger partial charge in [0.15, 0.2) is 0 Å². The average molecular weight is 360 g/mol. The van der Waals surface area contributed by atoms with E-state index in [1.54, 1.807) is 0 Å². The number of carbonyl (C=O) groups is 2. The molecule has 2 amide bonds. The minimum absolute atomic E-state index is 0.144. The van der Waals surface area contributed by atoms with E-state index in [-0.39, 0.29) is 29.4 Å². The number of primary amides is 1. The van der Waals surface area contributed by atoms with Gasteiger partial charge >= 0.3 is 0 Å². The van der Waals surface area contributed by atoms with Crippen molar-refractivity contribution in [2.24, 2.45) is 16.8 Å². The predicted molar refractivity (Wildman–Crippen MR) is 98.1 cm³/mol. The van der Waals surface area contributed by atoms with E-state index in [0.717, 1.165) is 25.7 Å². The standard InChI is InChI=1S/C19H25FN4O2/c1-12-7-9-19(2,10-8-12)22-18(26)15-11-16(17(21)25)24(23-15)14-5-3-13(20)4-6-14/h3-6,12,16H,7-11H2,1-2H3,(H2,21,25)(H,22,26). The van der Waals surface area contributed by atoms with Gasteiger partial charge in [-0.25, -0.2) is 4.39 Å². The van der Waals surface area contributed by atoms with E-state index in [1.807, 2.05) is 0 Å². The minimum Gasteiger partial charge on any atom is -0.368 e. The van der Waals surface area contributed by atoms with Crippen molar-refractivity contribution in [2.75, 3.05) is 5.01 Å². The molecule has 0 bridgehead atoms. The quantitative estimate of drug-likeness (QED) is 0.864. The summed E-state index contributed by atoms with van der Waals surface area (Å²) in [5.41, 5.74) is 6.03. The fraction of sp³-hybridized carbons (Fsp3) is 0.526. The Morgan fingerprint density at radius 2 is 1.88 bits per heavy atom. The zero-order valence-electron chi connectivity index (χ0n) is 15.2. The largest absolute Gasteiger partial charge is 0.368 e. The molecule has 6 nitrogen and oxygen atoms in total. The zero-order valence-corrected chi connectivity index (χ0v) is 15.2. The first-order valence-corrected chi connectivity index (χ1v) is 9.01. The first-order chi connectivity index (χ1) is 12.3. The Morgan fingerprint density at radius 1 is 1.27 bits per heavy atom. The van der Waals surface area contributed by atoms with Gasteiger partial charge in [0.05, 0.1) is 5.69 Å². The summed E-state index contributed by atoms with van der Waals surface area (Å²) in [7, 11) is 0. The van der Waals surface area contributed by atoms with Crippen LogP contribution in [-0.2, 0) is 9.59 Å². The molecule has 0 spiro atoms. The Morgan fingerprint density at radius 3 is 2.46 bits per heavy atom.